The van der Waals surface area contributed by atoms with Crippen LogP contribution >= 0.6 is 56.9 Å². The molecule has 34 nitrogen and oxygen atoms in total. The first kappa shape index (κ1) is 90.0. The average Bonchev–Trinajstić information content (AvgIpc) is 1.48. The molecule has 6 aromatic heterocycles. The van der Waals surface area contributed by atoms with Gasteiger partial charge in [-0.2, -0.15) is 45.2 Å². The summed E-state index contributed by atoms with van der Waals surface area (Å²) in [5.41, 5.74) is 7.04. The molecule has 0 radical (unpaired) electrons. The van der Waals surface area contributed by atoms with Gasteiger partial charge in [0, 0.05) is 43.7 Å². The molecule has 0 bridgehead atoms. The normalized spacial score (nSPS) is 28.6. The van der Waals surface area contributed by atoms with Gasteiger partial charge < -0.3 is 94.4 Å². The molecule has 0 amide bonds. The van der Waals surface area contributed by atoms with Crippen molar-refractivity contribution in [2.24, 2.45) is 5.41 Å². The third-order valence-corrected chi connectivity index (χ3v) is 29.8. The van der Waals surface area contributed by atoms with Crippen LogP contribution in [0.1, 0.15) is 175 Å². The topological polar surface area (TPSA) is 339 Å². The number of fused-ring (bicyclic) bond motifs is 10. The van der Waals surface area contributed by atoms with E-state index >= 15 is 0 Å². The van der Waals surface area contributed by atoms with Crippen LogP contribution in [-0.2, 0) is 113 Å². The van der Waals surface area contributed by atoms with Crippen molar-refractivity contribution >= 4 is 107 Å². The summed E-state index contributed by atoms with van der Waals surface area (Å²) in [5, 5.41) is 16.9. The number of ether oxygens (including phenoxy) is 13. The van der Waals surface area contributed by atoms with Crippen molar-refractivity contribution in [2.75, 3.05) is 119 Å². The number of nitrogens with zero attached hydrogens (tertiary/aromatic N) is 15. The minimum atomic E-state index is -3.63. The number of hydrogen-bond donors (Lipinski definition) is 0. The molecule has 20 rings (SSSR count). The molecule has 13 atom stereocenters. The lowest BCUT2D eigenvalue weighted by Crippen LogP contribution is -2.59. The first-order valence-electron chi connectivity index (χ1n) is 43.3. The summed E-state index contributed by atoms with van der Waals surface area (Å²) in [6.45, 7) is 37.5. The third-order valence-electron chi connectivity index (χ3n) is 24.8. The average molecular weight is 1850 g/mol. The second-order valence-corrected chi connectivity index (χ2v) is 48.2. The molecular formula is C85H115Cl3N15O19P3. The van der Waals surface area contributed by atoms with Crippen LogP contribution in [0.15, 0.2) is 61.1 Å². The predicted molar refractivity (Wildman–Crippen MR) is 467 cm³/mol. The van der Waals surface area contributed by atoms with Crippen LogP contribution in [0.3, 0.4) is 0 Å². The molecule has 10 fully saturated rings. The first-order valence-corrected chi connectivity index (χ1v) is 51.2. The number of aromatic nitrogens is 12. The van der Waals surface area contributed by atoms with E-state index in [1.165, 1.54) is 59.9 Å². The van der Waals surface area contributed by atoms with Crippen molar-refractivity contribution in [3.05, 3.63) is 105 Å². The lowest BCUT2D eigenvalue weighted by molar-refractivity contribution is -0.202. The molecule has 16 heterocycles. The van der Waals surface area contributed by atoms with Gasteiger partial charge in [0.25, 0.3) is 0 Å². The lowest BCUT2D eigenvalue weighted by atomic mass is 9.68. The summed E-state index contributed by atoms with van der Waals surface area (Å²) in [4.78, 5) is 34.2. The van der Waals surface area contributed by atoms with E-state index in [4.69, 9.17) is 115 Å². The highest BCUT2D eigenvalue weighted by molar-refractivity contribution is 7.62. The Bertz CT molecular complexity index is 5500. The Balaban J connectivity index is 0.000000128. The van der Waals surface area contributed by atoms with E-state index in [9.17, 15) is 13.7 Å². The Kier molecular flexibility index (Phi) is 24.0. The highest BCUT2D eigenvalue weighted by Gasteiger charge is 2.61. The highest BCUT2D eigenvalue weighted by Crippen LogP contribution is 2.57. The van der Waals surface area contributed by atoms with Crippen LogP contribution in [0.25, 0.3) is 33.1 Å². The van der Waals surface area contributed by atoms with Crippen LogP contribution in [0.5, 0.6) is 0 Å². The first-order chi connectivity index (χ1) is 58.9. The van der Waals surface area contributed by atoms with Crippen molar-refractivity contribution in [2.45, 2.75) is 262 Å². The van der Waals surface area contributed by atoms with E-state index in [-0.39, 0.29) is 71.8 Å². The predicted octanol–water partition coefficient (Wildman–Crippen LogP) is 15.0. The zero-order valence-electron chi connectivity index (χ0n) is 74.0. The maximum absolute atomic E-state index is 13.7. The van der Waals surface area contributed by atoms with E-state index in [0.717, 1.165) is 66.8 Å². The summed E-state index contributed by atoms with van der Waals surface area (Å²) in [6.07, 6.45) is 7.97. The van der Waals surface area contributed by atoms with Gasteiger partial charge in [-0.1, -0.05) is 67.3 Å². The van der Waals surface area contributed by atoms with Crippen LogP contribution in [0.2, 0.25) is 15.9 Å². The number of aryl methyl sites for hydroxylation is 2. The maximum atomic E-state index is 13.7. The van der Waals surface area contributed by atoms with Gasteiger partial charge in [0.2, 0.25) is 23.2 Å². The van der Waals surface area contributed by atoms with Gasteiger partial charge >= 0.3 is 7.60 Å². The molecule has 0 N–H and O–H groups in total. The number of benzene rings is 2. The van der Waals surface area contributed by atoms with Crippen LogP contribution in [0, 0.1) is 12.3 Å². The Morgan fingerprint density at radius 2 is 0.920 bits per heavy atom. The van der Waals surface area contributed by atoms with Crippen molar-refractivity contribution in [3.8, 4) is 0 Å². The van der Waals surface area contributed by atoms with Crippen molar-refractivity contribution in [1.29, 1.82) is 0 Å². The Morgan fingerprint density at radius 1 is 0.496 bits per heavy atom. The Labute approximate surface area is 742 Å². The molecular weight excluding hydrogens is 1730 g/mol. The summed E-state index contributed by atoms with van der Waals surface area (Å²) in [5.74, 6) is -0.184. The third kappa shape index (κ3) is 18.3. The second kappa shape index (κ2) is 33.3. The molecule has 680 valence electrons. The van der Waals surface area contributed by atoms with Gasteiger partial charge in [-0.15, -0.1) is 0 Å². The molecule has 1 unspecified atom stereocenters. The van der Waals surface area contributed by atoms with Crippen molar-refractivity contribution in [3.63, 3.8) is 0 Å². The minimum absolute atomic E-state index is 0.00121. The fourth-order valence-corrected chi connectivity index (χ4v) is 24.4. The van der Waals surface area contributed by atoms with Crippen molar-refractivity contribution < 1.29 is 88.8 Å². The summed E-state index contributed by atoms with van der Waals surface area (Å²) in [7, 11) is -8.79. The smallest absolute Gasteiger partial charge is 0.357 e. The maximum Gasteiger partial charge on any atom is 0.357 e. The van der Waals surface area contributed by atoms with E-state index < -0.39 is 118 Å². The van der Waals surface area contributed by atoms with E-state index in [2.05, 4.69) is 104 Å². The van der Waals surface area contributed by atoms with Gasteiger partial charge in [0.05, 0.1) is 98.4 Å². The number of hydrogen-bond acceptors (Lipinski definition) is 31. The minimum Gasteiger partial charge on any atom is -0.371 e. The van der Waals surface area contributed by atoms with Crippen molar-refractivity contribution in [1.82, 2.24) is 59.2 Å². The molecule has 10 aliphatic heterocycles. The second-order valence-electron chi connectivity index (χ2n) is 39.4. The monoisotopic (exact) mass is 1850 g/mol. The molecule has 40 heteroatoms. The number of halogens is 3. The Hall–Kier alpha value is -5.59. The summed E-state index contributed by atoms with van der Waals surface area (Å²) >= 11 is 19.5. The molecule has 125 heavy (non-hydrogen) atoms. The number of anilines is 3. The summed E-state index contributed by atoms with van der Waals surface area (Å²) in [6, 6.07) is 15.2. The van der Waals surface area contributed by atoms with Gasteiger partial charge in [-0.05, 0) is 193 Å². The molecule has 3 spiro atoms. The highest BCUT2D eigenvalue weighted by atomic mass is 35.5. The fraction of sp³-hybridized carbons (Fsp3) is 0.682. The van der Waals surface area contributed by atoms with Gasteiger partial charge in [0.15, 0.2) is 53.0 Å². The van der Waals surface area contributed by atoms with Gasteiger partial charge in [-0.3, -0.25) is 9.13 Å². The zero-order valence-corrected chi connectivity index (χ0v) is 78.9. The molecule has 2 aromatic carbocycles. The van der Waals surface area contributed by atoms with Crippen LogP contribution < -0.4 is 14.7 Å². The van der Waals surface area contributed by atoms with Gasteiger partial charge in [-0.25, -0.2) is 14.0 Å². The van der Waals surface area contributed by atoms with E-state index in [0.29, 0.717) is 54.5 Å². The lowest BCUT2D eigenvalue weighted by Gasteiger charge is -2.53. The Morgan fingerprint density at radius 3 is 1.37 bits per heavy atom. The van der Waals surface area contributed by atoms with E-state index in [1.807, 2.05) is 90.0 Å². The largest absolute Gasteiger partial charge is 0.371 e. The SMILES string of the molecule is CC1(C)O[C@@H]2[C@H](O1)[C@@H](COCP(C)(C)=O)O[C@H]2n1ncc2c(N3CC4(CCc5ccccc54)C3)nc(Cl)nc21.CCOP(C)(=O)COC[C@H]1O[C@@H](n2ncc3c(N4CC5(CCCCC5)C4)nc(Cl)nc32)[C@@H]2OC(C)(C)O[C@@H]21.Cc1ccc2c(c1)COC21CN(c2nc(Cl)nc3c2cnn3[C@@H]2O[C@H](COCP(=O)(OC(C)(C)C)OC(C)(C)C)[C@H]3OC(C)(C)O[C@H]32)C1. The fourth-order valence-electron chi connectivity index (χ4n) is 20.1. The number of rotatable bonds is 22. The van der Waals surface area contributed by atoms with E-state index in [1.54, 1.807) is 52.6 Å². The van der Waals surface area contributed by atoms with Crippen LogP contribution in [0.4, 0.5) is 17.5 Å². The molecule has 9 saturated heterocycles. The van der Waals surface area contributed by atoms with Crippen LogP contribution in [-0.4, -0.2) is 247 Å². The molecule has 8 aromatic rings. The standard InChI is InChI=1S/C33H45ClN5O8P.C27H33ClN5O5P.C25H37ClN5O6P/c1-19-10-11-22-20(12-19)14-42-33(22)16-38(17-33)26-21-13-35-39(27(21)37-29(34)36-26)28-25-24(44-32(8,9)45-25)23(43-28)15-41-18-48(40,46-30(2,3)4)47-31(5,6)7;1-26(2)37-20-19(12-35-15-39(3,4)34)36-24(21(20)38-26)33-23-17(11-29-33)22(30-25(28)31-23)32-13-27(14-32)10-9-16-7-5-6-8-18(16)27;1-5-34-38(4,32)15-33-12-17-18-19(37-24(2,3)36-18)22(35-17)31-21-16(11-27-31)20(28-23(26)29-21)30-13-25(14-30)9-7-6-8-10-25/h10-13,23-25,28H,14-18H2,1-9H3;5-8,11,19-21,24H,9-10,12-15H2,1-4H3;11,17-19,22H,5-10,12-15H2,1-4H3/t23-,24-,25-,28-;19-,20-,21-,24-;17-,18-,19-,22-,38?/m111/s1. The summed E-state index contributed by atoms with van der Waals surface area (Å²) < 4.78 is 141. The quantitative estimate of drug-likeness (QED) is 0.0449. The molecule has 12 aliphatic rings. The molecule has 2 aliphatic carbocycles. The molecule has 1 saturated carbocycles. The van der Waals surface area contributed by atoms with Gasteiger partial charge in [0.1, 0.15) is 97.8 Å². The zero-order chi connectivity index (χ0) is 88.3.